The highest BCUT2D eigenvalue weighted by atomic mass is 35.5. The average molecular weight is 267 g/mol. The van der Waals surface area contributed by atoms with Gasteiger partial charge in [0, 0.05) is 16.6 Å². The zero-order valence-corrected chi connectivity index (χ0v) is 10.7. The normalized spacial score (nSPS) is 14.7. The third-order valence-corrected chi connectivity index (χ3v) is 3.24. The van der Waals surface area contributed by atoms with Crippen molar-refractivity contribution < 1.29 is 9.59 Å². The number of carbonyl (C=O) groups excluding carboxylic acids is 2. The fourth-order valence-electron chi connectivity index (χ4n) is 1.75. The highest BCUT2D eigenvalue weighted by Gasteiger charge is 2.25. The Kier molecular flexibility index (Phi) is 4.20. The third-order valence-electron chi connectivity index (χ3n) is 3.01. The summed E-state index contributed by atoms with van der Waals surface area (Å²) in [5.74, 6) is -0.170. The van der Waals surface area contributed by atoms with Crippen LogP contribution in [-0.2, 0) is 9.59 Å². The number of anilines is 1. The van der Waals surface area contributed by atoms with Crippen molar-refractivity contribution in [1.29, 1.82) is 0 Å². The molecule has 0 radical (unpaired) electrons. The highest BCUT2D eigenvalue weighted by Crippen LogP contribution is 2.26. The van der Waals surface area contributed by atoms with Gasteiger partial charge in [0.1, 0.15) is 0 Å². The van der Waals surface area contributed by atoms with Gasteiger partial charge in [0.15, 0.2) is 0 Å². The number of rotatable bonds is 4. The van der Waals surface area contributed by atoms with E-state index in [-0.39, 0.29) is 24.3 Å². The molecular weight excluding hydrogens is 252 g/mol. The second-order valence-corrected chi connectivity index (χ2v) is 4.84. The fourth-order valence-corrected chi connectivity index (χ4v) is 1.94. The van der Waals surface area contributed by atoms with Gasteiger partial charge in [0.05, 0.1) is 6.54 Å². The Morgan fingerprint density at radius 1 is 1.33 bits per heavy atom. The van der Waals surface area contributed by atoms with E-state index < -0.39 is 0 Å². The maximum Gasteiger partial charge on any atom is 0.243 e. The van der Waals surface area contributed by atoms with Gasteiger partial charge in [-0.3, -0.25) is 9.59 Å². The third kappa shape index (κ3) is 3.47. The Balaban J connectivity index is 1.76. The molecule has 2 N–H and O–H groups in total. The molecule has 96 valence electrons. The van der Waals surface area contributed by atoms with Gasteiger partial charge in [-0.15, -0.1) is 0 Å². The first-order valence-corrected chi connectivity index (χ1v) is 6.36. The van der Waals surface area contributed by atoms with Gasteiger partial charge in [-0.05, 0) is 31.0 Å². The van der Waals surface area contributed by atoms with E-state index in [1.807, 2.05) is 0 Å². The van der Waals surface area contributed by atoms with Crippen LogP contribution in [0.2, 0.25) is 5.02 Å². The molecule has 1 saturated carbocycles. The molecule has 0 unspecified atom stereocenters. The molecule has 1 fully saturated rings. The predicted octanol–water partition coefficient (Wildman–Crippen LogP) is 2.19. The first-order chi connectivity index (χ1) is 8.65. The summed E-state index contributed by atoms with van der Waals surface area (Å²) in [5, 5.41) is 5.87. The van der Waals surface area contributed by atoms with Crippen molar-refractivity contribution >= 4 is 29.1 Å². The monoisotopic (exact) mass is 266 g/mol. The molecule has 1 aromatic rings. The van der Waals surface area contributed by atoms with Gasteiger partial charge >= 0.3 is 0 Å². The molecule has 0 saturated heterocycles. The smallest absolute Gasteiger partial charge is 0.243 e. The molecule has 0 atom stereocenters. The van der Waals surface area contributed by atoms with Crippen LogP contribution in [0.15, 0.2) is 24.3 Å². The highest BCUT2D eigenvalue weighted by molar-refractivity contribution is 6.30. The lowest BCUT2D eigenvalue weighted by Gasteiger charge is -2.23. The van der Waals surface area contributed by atoms with Crippen LogP contribution in [-0.4, -0.2) is 18.4 Å². The van der Waals surface area contributed by atoms with Crippen LogP contribution < -0.4 is 10.6 Å². The lowest BCUT2D eigenvalue weighted by atomic mass is 9.85. The lowest BCUT2D eigenvalue weighted by molar-refractivity contribution is -0.129. The molecule has 5 heteroatoms. The van der Waals surface area contributed by atoms with Gasteiger partial charge in [-0.25, -0.2) is 0 Å². The molecule has 1 aliphatic rings. The molecule has 0 spiro atoms. The minimum Gasteiger partial charge on any atom is -0.347 e. The summed E-state index contributed by atoms with van der Waals surface area (Å²) in [6.07, 6.45) is 2.97. The van der Waals surface area contributed by atoms with E-state index in [4.69, 9.17) is 11.6 Å². The Labute approximate surface area is 111 Å². The summed E-state index contributed by atoms with van der Waals surface area (Å²) in [5.41, 5.74) is 0.630. The number of hydrogen-bond donors (Lipinski definition) is 2. The van der Waals surface area contributed by atoms with E-state index in [1.54, 1.807) is 24.3 Å². The molecule has 0 aliphatic heterocycles. The number of nitrogens with one attached hydrogen (secondary N) is 2. The summed E-state index contributed by atoms with van der Waals surface area (Å²) in [6, 6.07) is 6.89. The van der Waals surface area contributed by atoms with Crippen molar-refractivity contribution in [2.45, 2.75) is 19.3 Å². The number of carbonyl (C=O) groups is 2. The van der Waals surface area contributed by atoms with E-state index >= 15 is 0 Å². The molecule has 1 aromatic carbocycles. The van der Waals surface area contributed by atoms with Crippen LogP contribution in [0.5, 0.6) is 0 Å². The molecule has 1 aliphatic carbocycles. The van der Waals surface area contributed by atoms with E-state index in [1.165, 1.54) is 0 Å². The van der Waals surface area contributed by atoms with Gasteiger partial charge in [-0.1, -0.05) is 24.1 Å². The van der Waals surface area contributed by atoms with Gasteiger partial charge in [0.2, 0.25) is 11.8 Å². The van der Waals surface area contributed by atoms with Crippen LogP contribution in [0, 0.1) is 5.92 Å². The summed E-state index contributed by atoms with van der Waals surface area (Å²) < 4.78 is 0. The van der Waals surface area contributed by atoms with Crippen molar-refractivity contribution in [3.05, 3.63) is 29.3 Å². The molecule has 18 heavy (non-hydrogen) atoms. The van der Waals surface area contributed by atoms with Crippen molar-refractivity contribution in [2.24, 2.45) is 5.92 Å². The zero-order valence-electron chi connectivity index (χ0n) is 9.91. The Morgan fingerprint density at radius 2 is 2.11 bits per heavy atom. The van der Waals surface area contributed by atoms with E-state index in [0.717, 1.165) is 19.3 Å². The molecule has 2 amide bonds. The van der Waals surface area contributed by atoms with Crippen molar-refractivity contribution in [2.75, 3.05) is 11.9 Å². The maximum atomic E-state index is 11.6. The van der Waals surface area contributed by atoms with Crippen LogP contribution in [0.3, 0.4) is 0 Å². The maximum absolute atomic E-state index is 11.6. The average Bonchev–Trinajstić information content (AvgIpc) is 2.24. The lowest BCUT2D eigenvalue weighted by Crippen LogP contribution is -2.39. The van der Waals surface area contributed by atoms with Crippen molar-refractivity contribution in [1.82, 2.24) is 5.32 Å². The van der Waals surface area contributed by atoms with Crippen molar-refractivity contribution in [3.8, 4) is 0 Å². The number of benzene rings is 1. The number of amides is 2. The van der Waals surface area contributed by atoms with Crippen LogP contribution in [0.4, 0.5) is 5.69 Å². The quantitative estimate of drug-likeness (QED) is 0.878. The minimum atomic E-state index is -0.245. The van der Waals surface area contributed by atoms with Crippen LogP contribution >= 0.6 is 11.6 Å². The van der Waals surface area contributed by atoms with Gasteiger partial charge in [-0.2, -0.15) is 0 Å². The van der Waals surface area contributed by atoms with Crippen LogP contribution in [0.1, 0.15) is 19.3 Å². The summed E-state index contributed by atoms with van der Waals surface area (Å²) >= 11 is 5.80. The minimum absolute atomic E-state index is 0.00183. The van der Waals surface area contributed by atoms with E-state index in [0.29, 0.717) is 10.7 Å². The second-order valence-electron chi connectivity index (χ2n) is 4.40. The fraction of sp³-hybridized carbons (Fsp3) is 0.385. The standard InChI is InChI=1S/C13H15ClN2O2/c14-10-5-2-6-11(7-10)16-12(17)8-15-13(18)9-3-1-4-9/h2,5-7,9H,1,3-4,8H2,(H,15,18)(H,16,17). The summed E-state index contributed by atoms with van der Waals surface area (Å²) in [6.45, 7) is 0.00183. The molecule has 0 aromatic heterocycles. The second kappa shape index (κ2) is 5.87. The Morgan fingerprint density at radius 3 is 2.72 bits per heavy atom. The molecule has 4 nitrogen and oxygen atoms in total. The van der Waals surface area contributed by atoms with E-state index in [9.17, 15) is 9.59 Å². The summed E-state index contributed by atoms with van der Waals surface area (Å²) in [4.78, 5) is 23.1. The Bertz CT molecular complexity index is 458. The first-order valence-electron chi connectivity index (χ1n) is 5.98. The molecule has 2 rings (SSSR count). The number of halogens is 1. The van der Waals surface area contributed by atoms with E-state index in [2.05, 4.69) is 10.6 Å². The number of hydrogen-bond acceptors (Lipinski definition) is 2. The first kappa shape index (κ1) is 12.9. The SMILES string of the molecule is O=C(CNC(=O)C1CCC1)Nc1cccc(Cl)c1. The topological polar surface area (TPSA) is 58.2 Å². The molecule has 0 bridgehead atoms. The molecule has 0 heterocycles. The van der Waals surface area contributed by atoms with Crippen LogP contribution in [0.25, 0.3) is 0 Å². The predicted molar refractivity (Wildman–Crippen MR) is 70.4 cm³/mol. The summed E-state index contributed by atoms with van der Waals surface area (Å²) in [7, 11) is 0. The zero-order chi connectivity index (χ0) is 13.0. The van der Waals surface area contributed by atoms with Gasteiger partial charge in [0.25, 0.3) is 0 Å². The van der Waals surface area contributed by atoms with Crippen molar-refractivity contribution in [3.63, 3.8) is 0 Å². The van der Waals surface area contributed by atoms with Gasteiger partial charge < -0.3 is 10.6 Å². The Hall–Kier alpha value is -1.55. The largest absolute Gasteiger partial charge is 0.347 e. The molecular formula is C13H15ClN2O2.